The predicted molar refractivity (Wildman–Crippen MR) is 146 cm³/mol. The number of nitrogens with one attached hydrogen (secondary N) is 3. The van der Waals surface area contributed by atoms with Gasteiger partial charge in [-0.15, -0.1) is 0 Å². The van der Waals surface area contributed by atoms with Gasteiger partial charge in [-0.05, 0) is 6.92 Å². The average Bonchev–Trinajstić information content (AvgIpc) is 3.36. The first-order valence-corrected chi connectivity index (χ1v) is 13.9. The highest BCUT2D eigenvalue weighted by Crippen LogP contribution is 2.29. The zero-order chi connectivity index (χ0) is 31.7. The van der Waals surface area contributed by atoms with Gasteiger partial charge >= 0.3 is 5.69 Å². The van der Waals surface area contributed by atoms with Gasteiger partial charge in [-0.3, -0.25) is 19.1 Å². The molecule has 4 rings (SSSR count). The van der Waals surface area contributed by atoms with Crippen molar-refractivity contribution in [3.63, 3.8) is 0 Å². The molecule has 0 bridgehead atoms. The van der Waals surface area contributed by atoms with E-state index in [0.717, 1.165) is 4.57 Å². The van der Waals surface area contributed by atoms with Crippen LogP contribution in [-0.4, -0.2) is 140 Å². The maximum absolute atomic E-state index is 12.8. The lowest BCUT2D eigenvalue weighted by Gasteiger charge is -2.48. The van der Waals surface area contributed by atoms with E-state index in [-0.39, 0.29) is 31.6 Å². The Balaban J connectivity index is 1.36. The van der Waals surface area contributed by atoms with E-state index in [0.29, 0.717) is 0 Å². The number of H-pyrrole nitrogens is 1. The minimum atomic E-state index is -1.44. The smallest absolute Gasteiger partial charge is 0.330 e. The molecule has 0 unspecified atom stereocenters. The summed E-state index contributed by atoms with van der Waals surface area (Å²) in [6.07, 6.45) is -11.3. The largest absolute Gasteiger partial charge is 0.390 e. The normalized spacial score (nSPS) is 41.7. The number of aliphatic hydroxyl groups is 5. The third-order valence-electron chi connectivity index (χ3n) is 8.17. The number of hydrogen-bond donors (Lipinski definition) is 12. The molecule has 0 aromatic carbocycles. The molecular weight excluding hydrogens is 576 g/mol. The number of aliphatic hydroxyl groups excluding tert-OH is 5. The molecule has 1 amide bonds. The van der Waals surface area contributed by atoms with E-state index in [1.54, 1.807) is 0 Å². The van der Waals surface area contributed by atoms with Crippen molar-refractivity contribution in [3.8, 4) is 0 Å². The first-order chi connectivity index (χ1) is 20.3. The van der Waals surface area contributed by atoms with Crippen molar-refractivity contribution in [3.05, 3.63) is 32.6 Å². The molecule has 16 N–H and O–H groups in total. The van der Waals surface area contributed by atoms with Crippen molar-refractivity contribution in [1.82, 2.24) is 20.2 Å². The van der Waals surface area contributed by atoms with Crippen LogP contribution in [0.1, 0.15) is 18.2 Å². The van der Waals surface area contributed by atoms with Crippen LogP contribution in [0.2, 0.25) is 0 Å². The fourth-order valence-electron chi connectivity index (χ4n) is 5.55. The first-order valence-electron chi connectivity index (χ1n) is 13.9. The number of carbonyl (C=O) groups excluding carboxylic acids is 1. The van der Waals surface area contributed by atoms with Crippen LogP contribution >= 0.6 is 0 Å². The lowest BCUT2D eigenvalue weighted by atomic mass is 9.80. The summed E-state index contributed by atoms with van der Waals surface area (Å²) in [6.45, 7) is 1.34. The molecule has 2 aliphatic heterocycles. The summed E-state index contributed by atoms with van der Waals surface area (Å²) in [5, 5.41) is 57.8. The van der Waals surface area contributed by atoms with Crippen molar-refractivity contribution in [2.75, 3.05) is 19.6 Å². The Labute approximate surface area is 245 Å². The van der Waals surface area contributed by atoms with E-state index in [9.17, 15) is 39.9 Å². The third kappa shape index (κ3) is 6.83. The Hall–Kier alpha value is -2.37. The highest BCUT2D eigenvalue weighted by atomic mass is 16.7. The van der Waals surface area contributed by atoms with Gasteiger partial charge in [0.2, 0.25) is 0 Å². The number of hydrogen-bond acceptors (Lipinski definition) is 16. The molecular formula is C24H42N8O11. The highest BCUT2D eigenvalue weighted by molar-refractivity contribution is 5.81. The second kappa shape index (κ2) is 13.7. The van der Waals surface area contributed by atoms with Crippen molar-refractivity contribution in [2.45, 2.75) is 98.9 Å². The number of aromatic nitrogens is 2. The molecule has 19 heteroatoms. The van der Waals surface area contributed by atoms with Crippen LogP contribution < -0.4 is 44.8 Å². The summed E-state index contributed by atoms with van der Waals surface area (Å²) in [7, 11) is 0. The van der Waals surface area contributed by atoms with Gasteiger partial charge in [0.05, 0.1) is 48.6 Å². The van der Waals surface area contributed by atoms with Crippen LogP contribution in [0.3, 0.4) is 0 Å². The van der Waals surface area contributed by atoms with E-state index in [2.05, 4.69) is 15.6 Å². The summed E-state index contributed by atoms with van der Waals surface area (Å²) in [6, 6.07) is -4.52. The van der Waals surface area contributed by atoms with E-state index in [4.69, 9.17) is 37.1 Å². The number of nitrogens with two attached hydrogens (primary N) is 4. The molecule has 3 heterocycles. The van der Waals surface area contributed by atoms with Crippen molar-refractivity contribution >= 4 is 5.91 Å². The van der Waals surface area contributed by atoms with Gasteiger partial charge in [-0.2, -0.15) is 0 Å². The molecule has 0 spiro atoms. The molecule has 2 saturated heterocycles. The molecule has 244 valence electrons. The van der Waals surface area contributed by atoms with Crippen LogP contribution in [0.4, 0.5) is 0 Å². The van der Waals surface area contributed by atoms with Crippen molar-refractivity contribution in [1.29, 1.82) is 0 Å². The van der Waals surface area contributed by atoms with E-state index in [1.165, 1.54) is 13.1 Å². The van der Waals surface area contributed by atoms with Gasteiger partial charge in [-0.1, -0.05) is 0 Å². The second-order valence-corrected chi connectivity index (χ2v) is 11.1. The monoisotopic (exact) mass is 618 g/mol. The maximum Gasteiger partial charge on any atom is 0.330 e. The molecule has 19 nitrogen and oxygen atoms in total. The predicted octanol–water partition coefficient (Wildman–Crippen LogP) is -7.92. The number of nitrogens with zero attached hydrogens (tertiary/aromatic N) is 1. The van der Waals surface area contributed by atoms with E-state index < -0.39 is 103 Å². The Morgan fingerprint density at radius 2 is 1.72 bits per heavy atom. The summed E-state index contributed by atoms with van der Waals surface area (Å²) < 4.78 is 18.3. The number of aryl methyl sites for hydroxylation is 1. The number of rotatable bonds is 9. The number of carbonyl (C=O) groups is 1. The number of aromatic amines is 1. The van der Waals surface area contributed by atoms with Crippen LogP contribution in [0, 0.1) is 6.92 Å². The van der Waals surface area contributed by atoms with Crippen molar-refractivity contribution in [2.24, 2.45) is 22.9 Å². The van der Waals surface area contributed by atoms with E-state index >= 15 is 0 Å². The average molecular weight is 619 g/mol. The van der Waals surface area contributed by atoms with Gasteiger partial charge in [-0.25, -0.2) is 4.79 Å². The molecule has 1 aromatic rings. The number of amides is 1. The van der Waals surface area contributed by atoms with Gasteiger partial charge in [0, 0.05) is 37.8 Å². The molecule has 1 saturated carbocycles. The Kier molecular flexibility index (Phi) is 10.7. The topological polar surface area (TPSA) is 329 Å². The molecule has 14 atom stereocenters. The zero-order valence-corrected chi connectivity index (χ0v) is 23.4. The lowest BCUT2D eigenvalue weighted by molar-refractivity contribution is -0.282. The van der Waals surface area contributed by atoms with Gasteiger partial charge < -0.3 is 73.3 Å². The molecule has 3 aliphatic rings. The summed E-state index contributed by atoms with van der Waals surface area (Å²) in [4.78, 5) is 38.7. The van der Waals surface area contributed by atoms with Crippen LogP contribution in [0.5, 0.6) is 0 Å². The summed E-state index contributed by atoms with van der Waals surface area (Å²) >= 11 is 0. The van der Waals surface area contributed by atoms with Gasteiger partial charge in [0.15, 0.2) is 12.4 Å². The van der Waals surface area contributed by atoms with E-state index in [1.807, 2.05) is 0 Å². The van der Waals surface area contributed by atoms with Gasteiger partial charge in [0.1, 0.15) is 24.5 Å². The SMILES string of the molecule is Cc1cn([C@H]2C[C@H](O)[C@@H](C(=O)NCCN[C@@H]3[C@@H](O)[C@H](N)[C@@H](O)[C@H](N)[C@H]3O[C@H]3O[C@H](CN)[C@@H](O)[C@H](O)[C@H]3N)O2)c(=O)[nH]c1=O. The van der Waals surface area contributed by atoms with Crippen LogP contribution in [0.15, 0.2) is 15.8 Å². The third-order valence-corrected chi connectivity index (χ3v) is 8.17. The molecule has 43 heavy (non-hydrogen) atoms. The quantitative estimate of drug-likeness (QED) is 0.114. The van der Waals surface area contributed by atoms with Gasteiger partial charge in [0.25, 0.3) is 11.5 Å². The molecule has 0 radical (unpaired) electrons. The Morgan fingerprint density at radius 3 is 2.40 bits per heavy atom. The lowest BCUT2D eigenvalue weighted by Crippen LogP contribution is -2.74. The van der Waals surface area contributed by atoms with Crippen LogP contribution in [0.25, 0.3) is 0 Å². The molecule has 3 fully saturated rings. The Bertz CT molecular complexity index is 1230. The fraction of sp³-hybridized carbons (Fsp3) is 0.792. The molecule has 1 aromatic heterocycles. The summed E-state index contributed by atoms with van der Waals surface area (Å²) in [5.41, 5.74) is 22.7. The molecule has 1 aliphatic carbocycles. The summed E-state index contributed by atoms with van der Waals surface area (Å²) in [5.74, 6) is -0.672. The second-order valence-electron chi connectivity index (χ2n) is 11.1. The minimum Gasteiger partial charge on any atom is -0.390 e. The first kappa shape index (κ1) is 33.5. The standard InChI is InChI=1S/C24H42N8O11/c1-7-6-32(24(40)31-21(7)38)10-4-8(33)19(42-10)22(39)30-3-2-29-14-17(36)11(26)16(35)12(27)20(14)43-23-13(28)18(37)15(34)9(5-25)41-23/h6,8-20,23,29,33-37H,2-5,25-28H2,1H3,(H,30,39)(H,31,38,40)/t8-,9+,10+,11+,12-,13+,14+,15+,16+,17-,18+,19-,20+,23+/m0/s1. The Morgan fingerprint density at radius 1 is 1.02 bits per heavy atom. The highest BCUT2D eigenvalue weighted by Gasteiger charge is 2.51. The van der Waals surface area contributed by atoms with Crippen LogP contribution in [-0.2, 0) is 19.0 Å². The van der Waals surface area contributed by atoms with Crippen molar-refractivity contribution < 1.29 is 44.5 Å². The maximum atomic E-state index is 12.8. The zero-order valence-electron chi connectivity index (χ0n) is 23.4. The fourth-order valence-corrected chi connectivity index (χ4v) is 5.55. The minimum absolute atomic E-state index is 0.0258. The number of ether oxygens (including phenoxy) is 3.